The van der Waals surface area contributed by atoms with Crippen molar-refractivity contribution in [2.75, 3.05) is 32.8 Å². The van der Waals surface area contributed by atoms with Crippen LogP contribution in [0.5, 0.6) is 0 Å². The van der Waals surface area contributed by atoms with Gasteiger partial charge >= 0.3 is 0 Å². The van der Waals surface area contributed by atoms with E-state index in [1.54, 1.807) is 0 Å². The van der Waals surface area contributed by atoms with Crippen molar-refractivity contribution < 1.29 is 39.5 Å². The Labute approximate surface area is 343 Å². The summed E-state index contributed by atoms with van der Waals surface area (Å²) in [6.07, 6.45) is 33.7. The monoisotopic (exact) mass is 799 g/mol. The summed E-state index contributed by atoms with van der Waals surface area (Å²) < 4.78 is 10.9. The molecule has 0 aromatic heterocycles. The topological polar surface area (TPSA) is 149 Å². The molecule has 0 saturated carbocycles. The van der Waals surface area contributed by atoms with Crippen LogP contribution in [0.1, 0.15) is 219 Å². The van der Waals surface area contributed by atoms with Crippen LogP contribution in [0.3, 0.4) is 0 Å². The lowest BCUT2D eigenvalue weighted by atomic mass is 9.99. The first-order valence-electron chi connectivity index (χ1n) is 23.8. The molecule has 56 heavy (non-hydrogen) atoms. The molecule has 5 N–H and O–H groups in total. The second kappa shape index (κ2) is 37.9. The summed E-state index contributed by atoms with van der Waals surface area (Å²) in [4.78, 5) is 27.7. The first-order valence-corrected chi connectivity index (χ1v) is 23.8. The molecule has 1 aliphatic heterocycles. The molecule has 0 unspecified atom stereocenters. The fourth-order valence-corrected chi connectivity index (χ4v) is 7.72. The Morgan fingerprint density at radius 2 is 0.911 bits per heavy atom. The predicted molar refractivity (Wildman–Crippen MR) is 228 cm³/mol. The number of carbonyl (C=O) groups is 2. The van der Waals surface area contributed by atoms with Crippen LogP contribution in [0, 0.1) is 0 Å². The SMILES string of the molecule is CCCCCCCCCCCCCCCCCCNC(=O)CN(CCCCCCCCCCCCCCCCCC)C(=O)CO[C@@H]1O[C@H](CO)[C@@H](O)[C@H](O)[C@H]1O. The summed E-state index contributed by atoms with van der Waals surface area (Å²) in [6.45, 7) is 4.41. The summed E-state index contributed by atoms with van der Waals surface area (Å²) in [6, 6.07) is 0. The van der Waals surface area contributed by atoms with Gasteiger partial charge in [-0.05, 0) is 12.8 Å². The Morgan fingerprint density at radius 1 is 0.536 bits per heavy atom. The van der Waals surface area contributed by atoms with E-state index < -0.39 is 49.8 Å². The van der Waals surface area contributed by atoms with E-state index in [2.05, 4.69) is 19.2 Å². The molecule has 0 spiro atoms. The average molecular weight is 799 g/mol. The largest absolute Gasteiger partial charge is 0.394 e. The van der Waals surface area contributed by atoms with Crippen LogP contribution in [0.15, 0.2) is 0 Å². The van der Waals surface area contributed by atoms with Crippen LogP contribution in [-0.2, 0) is 19.1 Å². The van der Waals surface area contributed by atoms with E-state index in [0.717, 1.165) is 32.1 Å². The van der Waals surface area contributed by atoms with E-state index in [0.29, 0.717) is 13.1 Å². The van der Waals surface area contributed by atoms with Crippen LogP contribution in [0.4, 0.5) is 0 Å². The van der Waals surface area contributed by atoms with Crippen LogP contribution in [-0.4, -0.2) is 101 Å². The number of rotatable bonds is 40. The molecule has 0 radical (unpaired) electrons. The second-order valence-corrected chi connectivity index (χ2v) is 16.8. The molecule has 1 aliphatic rings. The summed E-state index contributed by atoms with van der Waals surface area (Å²) in [5, 5.41) is 42.9. The minimum absolute atomic E-state index is 0.0749. The lowest BCUT2D eigenvalue weighted by Crippen LogP contribution is -2.59. The zero-order valence-corrected chi connectivity index (χ0v) is 36.4. The molecule has 1 rings (SSSR count). The Balaban J connectivity index is 2.30. The zero-order valence-electron chi connectivity index (χ0n) is 36.4. The fourth-order valence-electron chi connectivity index (χ4n) is 7.72. The number of nitrogens with one attached hydrogen (secondary N) is 1. The van der Waals surface area contributed by atoms with Crippen molar-refractivity contribution in [1.29, 1.82) is 0 Å². The molecule has 0 aromatic rings. The molecule has 10 nitrogen and oxygen atoms in total. The van der Waals surface area contributed by atoms with Crippen molar-refractivity contribution in [2.45, 2.75) is 250 Å². The van der Waals surface area contributed by atoms with E-state index in [9.17, 15) is 30.0 Å². The third-order valence-corrected chi connectivity index (χ3v) is 11.5. The van der Waals surface area contributed by atoms with Crippen LogP contribution >= 0.6 is 0 Å². The fraction of sp³-hybridized carbons (Fsp3) is 0.957. The van der Waals surface area contributed by atoms with Gasteiger partial charge in [-0.15, -0.1) is 0 Å². The summed E-state index contributed by atoms with van der Waals surface area (Å²) in [7, 11) is 0. The van der Waals surface area contributed by atoms with Crippen LogP contribution < -0.4 is 5.32 Å². The van der Waals surface area contributed by atoms with Gasteiger partial charge in [-0.1, -0.05) is 206 Å². The van der Waals surface area contributed by atoms with Crippen molar-refractivity contribution in [3.8, 4) is 0 Å². The molecule has 0 aromatic carbocycles. The second-order valence-electron chi connectivity index (χ2n) is 16.8. The average Bonchev–Trinajstić information content (AvgIpc) is 3.20. The van der Waals surface area contributed by atoms with Gasteiger partial charge in [0.15, 0.2) is 6.29 Å². The number of aliphatic hydroxyl groups is 4. The Bertz CT molecular complexity index is 893. The maximum atomic E-state index is 13.3. The van der Waals surface area contributed by atoms with Crippen LogP contribution in [0.2, 0.25) is 0 Å². The van der Waals surface area contributed by atoms with Gasteiger partial charge in [0, 0.05) is 13.1 Å². The Morgan fingerprint density at radius 3 is 1.30 bits per heavy atom. The lowest BCUT2D eigenvalue weighted by Gasteiger charge is -2.39. The number of hydrogen-bond donors (Lipinski definition) is 5. The highest BCUT2D eigenvalue weighted by Crippen LogP contribution is 2.22. The number of amides is 2. The first-order chi connectivity index (χ1) is 27.3. The molecule has 1 saturated heterocycles. The van der Waals surface area contributed by atoms with Crippen LogP contribution in [0.25, 0.3) is 0 Å². The number of hydrogen-bond acceptors (Lipinski definition) is 8. The molecule has 10 heteroatoms. The van der Waals surface area contributed by atoms with E-state index in [1.807, 2.05) is 0 Å². The minimum Gasteiger partial charge on any atom is -0.394 e. The molecular weight excluding hydrogens is 709 g/mol. The van der Waals surface area contributed by atoms with Crippen molar-refractivity contribution >= 4 is 11.8 Å². The summed E-state index contributed by atoms with van der Waals surface area (Å²) in [5.41, 5.74) is 0. The van der Waals surface area contributed by atoms with Gasteiger partial charge in [0.2, 0.25) is 11.8 Å². The molecule has 332 valence electrons. The Kier molecular flexibility index (Phi) is 35.7. The highest BCUT2D eigenvalue weighted by molar-refractivity contribution is 5.85. The number of unbranched alkanes of at least 4 members (excludes halogenated alkanes) is 30. The third kappa shape index (κ3) is 28.2. The van der Waals surface area contributed by atoms with Gasteiger partial charge < -0.3 is 40.1 Å². The Hall–Kier alpha value is -1.30. The van der Waals surface area contributed by atoms with Crippen molar-refractivity contribution in [2.24, 2.45) is 0 Å². The number of carbonyl (C=O) groups excluding carboxylic acids is 2. The van der Waals surface area contributed by atoms with Crippen molar-refractivity contribution in [1.82, 2.24) is 10.2 Å². The summed E-state index contributed by atoms with van der Waals surface area (Å²) in [5.74, 6) is -0.621. The normalized spacial score (nSPS) is 19.7. The number of aliphatic hydroxyl groups excluding tert-OH is 4. The highest BCUT2D eigenvalue weighted by Gasteiger charge is 2.44. The van der Waals surface area contributed by atoms with Crippen molar-refractivity contribution in [3.05, 3.63) is 0 Å². The quantitative estimate of drug-likeness (QED) is 0.0386. The van der Waals surface area contributed by atoms with E-state index in [-0.39, 0.29) is 12.5 Å². The van der Waals surface area contributed by atoms with Gasteiger partial charge in [-0.3, -0.25) is 9.59 Å². The van der Waals surface area contributed by atoms with E-state index in [4.69, 9.17) is 9.47 Å². The number of nitrogens with zero attached hydrogens (tertiary/aromatic N) is 1. The maximum Gasteiger partial charge on any atom is 0.249 e. The number of ether oxygens (including phenoxy) is 2. The van der Waals surface area contributed by atoms with Gasteiger partial charge in [-0.2, -0.15) is 0 Å². The van der Waals surface area contributed by atoms with Gasteiger partial charge in [0.25, 0.3) is 0 Å². The minimum atomic E-state index is -1.59. The first kappa shape index (κ1) is 52.7. The molecule has 0 bridgehead atoms. The lowest BCUT2D eigenvalue weighted by molar-refractivity contribution is -0.299. The molecule has 1 heterocycles. The van der Waals surface area contributed by atoms with Gasteiger partial charge in [-0.25, -0.2) is 0 Å². The zero-order chi connectivity index (χ0) is 40.9. The molecule has 0 aliphatic carbocycles. The predicted octanol–water partition coefficient (Wildman–Crippen LogP) is 9.27. The smallest absolute Gasteiger partial charge is 0.249 e. The van der Waals surface area contributed by atoms with E-state index in [1.165, 1.54) is 178 Å². The molecule has 5 atom stereocenters. The molecule has 1 fully saturated rings. The third-order valence-electron chi connectivity index (χ3n) is 11.5. The van der Waals surface area contributed by atoms with Gasteiger partial charge in [0.05, 0.1) is 13.2 Å². The van der Waals surface area contributed by atoms with E-state index >= 15 is 0 Å². The van der Waals surface area contributed by atoms with Gasteiger partial charge in [0.1, 0.15) is 31.0 Å². The maximum absolute atomic E-state index is 13.3. The highest BCUT2D eigenvalue weighted by atomic mass is 16.7. The van der Waals surface area contributed by atoms with Crippen molar-refractivity contribution in [3.63, 3.8) is 0 Å². The summed E-state index contributed by atoms with van der Waals surface area (Å²) >= 11 is 0. The molecule has 2 amide bonds. The standard InChI is InChI=1S/C46H90N2O8/c1-3-5-7-9-11-13-15-17-19-21-23-25-27-29-31-33-35-47-41(50)37-48(42(51)39-55-46-45(54)44(53)43(52)40(38-49)56-46)36-34-32-30-28-26-24-22-20-18-16-14-12-10-8-6-4-2/h40,43-46,49,52-54H,3-39H2,1-2H3,(H,47,50)/t40-,43-,44+,45-,46-/m1/s1. The molecular formula is C46H90N2O8.